The molecule has 0 radical (unpaired) electrons. The molecule has 0 N–H and O–H groups in total. The normalized spacial score (nSPS) is 19.1. The summed E-state index contributed by atoms with van der Waals surface area (Å²) in [5.41, 5.74) is 2.35. The van der Waals surface area contributed by atoms with Crippen LogP contribution in [0.4, 0.5) is 0 Å². The van der Waals surface area contributed by atoms with E-state index < -0.39 is 0 Å². The minimum atomic E-state index is -0.213. The monoisotopic (exact) mass is 371 g/mol. The molecule has 4 nitrogen and oxygen atoms in total. The molecule has 2 aromatic rings. The lowest BCUT2D eigenvalue weighted by Crippen LogP contribution is -2.40. The Morgan fingerprint density at radius 2 is 2.12 bits per heavy atom. The second kappa shape index (κ2) is 6.95. The third-order valence-corrected chi connectivity index (χ3v) is 5.97. The molecule has 4 rings (SSSR count). The molecule has 0 unspecified atom stereocenters. The third kappa shape index (κ3) is 3.58. The molecular formula is C21H25NO3S. The van der Waals surface area contributed by atoms with Crippen molar-refractivity contribution in [3.8, 4) is 11.5 Å². The van der Waals surface area contributed by atoms with E-state index >= 15 is 0 Å². The molecule has 0 atom stereocenters. The Balaban J connectivity index is 1.32. The number of likely N-dealkylation sites (tertiary alicyclic amines) is 1. The number of para-hydroxylation sites is 1. The molecule has 0 aliphatic carbocycles. The highest BCUT2D eigenvalue weighted by atomic mass is 32.1. The lowest BCUT2D eigenvalue weighted by molar-refractivity contribution is -0.134. The first-order chi connectivity index (χ1) is 12.5. The summed E-state index contributed by atoms with van der Waals surface area (Å²) in [5, 5.41) is 4.35. The van der Waals surface area contributed by atoms with E-state index in [9.17, 15) is 4.79 Å². The van der Waals surface area contributed by atoms with Crippen LogP contribution < -0.4 is 9.47 Å². The van der Waals surface area contributed by atoms with Crippen LogP contribution in [0.25, 0.3) is 0 Å². The first-order valence-corrected chi connectivity index (χ1v) is 10.2. The van der Waals surface area contributed by atoms with Gasteiger partial charge in [-0.05, 0) is 61.1 Å². The van der Waals surface area contributed by atoms with Gasteiger partial charge in [0.15, 0.2) is 18.1 Å². The van der Waals surface area contributed by atoms with E-state index in [4.69, 9.17) is 9.47 Å². The van der Waals surface area contributed by atoms with Crippen molar-refractivity contribution in [3.63, 3.8) is 0 Å². The Kier molecular flexibility index (Phi) is 4.65. The van der Waals surface area contributed by atoms with Gasteiger partial charge in [-0.2, -0.15) is 11.3 Å². The van der Waals surface area contributed by atoms with E-state index in [1.807, 2.05) is 17.0 Å². The summed E-state index contributed by atoms with van der Waals surface area (Å²) in [6.07, 6.45) is 2.92. The highest BCUT2D eigenvalue weighted by Crippen LogP contribution is 2.41. The number of rotatable bonds is 4. The number of thiophene rings is 1. The minimum Gasteiger partial charge on any atom is -0.483 e. The second-order valence-corrected chi connectivity index (χ2v) is 8.56. The number of hydrogen-bond acceptors (Lipinski definition) is 4. The van der Waals surface area contributed by atoms with Gasteiger partial charge in [0.1, 0.15) is 5.60 Å². The lowest BCUT2D eigenvalue weighted by Gasteiger charge is -2.31. The van der Waals surface area contributed by atoms with E-state index in [0.717, 1.165) is 43.7 Å². The predicted octanol–water partition coefficient (Wildman–Crippen LogP) is 4.25. The summed E-state index contributed by atoms with van der Waals surface area (Å²) in [7, 11) is 0. The molecule has 0 spiro atoms. The van der Waals surface area contributed by atoms with Crippen molar-refractivity contribution in [2.75, 3.05) is 19.7 Å². The molecule has 0 bridgehead atoms. The Morgan fingerprint density at radius 3 is 2.85 bits per heavy atom. The van der Waals surface area contributed by atoms with Gasteiger partial charge in [0, 0.05) is 25.1 Å². The van der Waals surface area contributed by atoms with Crippen LogP contribution in [-0.4, -0.2) is 36.1 Å². The van der Waals surface area contributed by atoms with E-state index in [0.29, 0.717) is 11.7 Å². The fourth-order valence-electron chi connectivity index (χ4n) is 3.90. The fraction of sp³-hybridized carbons (Fsp3) is 0.476. The number of carbonyl (C=O) groups excluding carboxylic acids is 1. The summed E-state index contributed by atoms with van der Waals surface area (Å²) in [6.45, 7) is 5.82. The van der Waals surface area contributed by atoms with Crippen molar-refractivity contribution in [2.24, 2.45) is 0 Å². The largest absolute Gasteiger partial charge is 0.483 e. The maximum Gasteiger partial charge on any atom is 0.260 e. The van der Waals surface area contributed by atoms with Gasteiger partial charge in [0.05, 0.1) is 0 Å². The molecule has 2 aliphatic rings. The minimum absolute atomic E-state index is 0.0589. The Morgan fingerprint density at radius 1 is 1.31 bits per heavy atom. The number of hydrogen-bond donors (Lipinski definition) is 0. The molecule has 138 valence electrons. The maximum absolute atomic E-state index is 12.6. The smallest absolute Gasteiger partial charge is 0.260 e. The van der Waals surface area contributed by atoms with E-state index in [1.54, 1.807) is 11.3 Å². The number of fused-ring (bicyclic) bond motifs is 1. The summed E-state index contributed by atoms with van der Waals surface area (Å²) in [4.78, 5) is 14.5. The van der Waals surface area contributed by atoms with Gasteiger partial charge in [-0.1, -0.05) is 12.1 Å². The molecule has 5 heteroatoms. The maximum atomic E-state index is 12.6. The molecule has 1 aromatic heterocycles. The quantitative estimate of drug-likeness (QED) is 0.807. The van der Waals surface area contributed by atoms with Crippen molar-refractivity contribution in [2.45, 2.75) is 44.6 Å². The van der Waals surface area contributed by atoms with Crippen LogP contribution in [0.5, 0.6) is 11.5 Å². The van der Waals surface area contributed by atoms with Gasteiger partial charge in [0.2, 0.25) is 0 Å². The Hall–Kier alpha value is -2.01. The summed E-state index contributed by atoms with van der Waals surface area (Å²) >= 11 is 1.74. The van der Waals surface area contributed by atoms with Gasteiger partial charge in [-0.25, -0.2) is 0 Å². The van der Waals surface area contributed by atoms with Crippen molar-refractivity contribution in [1.82, 2.24) is 4.90 Å². The zero-order chi connectivity index (χ0) is 18.1. The zero-order valence-electron chi connectivity index (χ0n) is 15.4. The van der Waals surface area contributed by atoms with Crippen LogP contribution in [0.2, 0.25) is 0 Å². The third-order valence-electron chi connectivity index (χ3n) is 5.27. The molecule has 3 heterocycles. The highest BCUT2D eigenvalue weighted by Gasteiger charge is 2.32. The summed E-state index contributed by atoms with van der Waals surface area (Å²) in [6, 6.07) is 8.12. The van der Waals surface area contributed by atoms with E-state index in [1.165, 1.54) is 5.56 Å². The van der Waals surface area contributed by atoms with Gasteiger partial charge in [-0.15, -0.1) is 0 Å². The topological polar surface area (TPSA) is 38.8 Å². The van der Waals surface area contributed by atoms with Crippen LogP contribution in [0.15, 0.2) is 35.0 Å². The first-order valence-electron chi connectivity index (χ1n) is 9.25. The number of benzene rings is 1. The Labute approximate surface area is 158 Å². The number of nitrogens with zero attached hydrogens (tertiary/aromatic N) is 1. The van der Waals surface area contributed by atoms with Crippen LogP contribution in [0, 0.1) is 0 Å². The lowest BCUT2D eigenvalue weighted by atomic mass is 9.91. The molecule has 0 saturated carbocycles. The van der Waals surface area contributed by atoms with Crippen LogP contribution in [-0.2, 0) is 11.2 Å². The molecule has 1 saturated heterocycles. The fourth-order valence-corrected chi connectivity index (χ4v) is 4.64. The number of carbonyl (C=O) groups is 1. The van der Waals surface area contributed by atoms with Gasteiger partial charge in [-0.3, -0.25) is 4.79 Å². The molecule has 26 heavy (non-hydrogen) atoms. The van der Waals surface area contributed by atoms with Crippen LogP contribution in [0.1, 0.15) is 43.7 Å². The summed E-state index contributed by atoms with van der Waals surface area (Å²) in [5.74, 6) is 2.11. The molecule has 1 fully saturated rings. The molecule has 2 aliphatic heterocycles. The summed E-state index contributed by atoms with van der Waals surface area (Å²) < 4.78 is 11.9. The SMILES string of the molecule is CC1(C)Cc2cccc(OCC(=O)N3CCC(c4ccsc4)CC3)c2O1. The zero-order valence-corrected chi connectivity index (χ0v) is 16.2. The van der Waals surface area contributed by atoms with Gasteiger partial charge in [0.25, 0.3) is 5.91 Å². The van der Waals surface area contributed by atoms with Crippen molar-refractivity contribution in [1.29, 1.82) is 0 Å². The van der Waals surface area contributed by atoms with E-state index in [2.05, 4.69) is 36.7 Å². The predicted molar refractivity (Wildman–Crippen MR) is 103 cm³/mol. The van der Waals surface area contributed by atoms with Crippen LogP contribution in [0.3, 0.4) is 0 Å². The second-order valence-electron chi connectivity index (χ2n) is 7.78. The standard InChI is InChI=1S/C21H25NO3S/c1-21(2)12-16-4-3-5-18(20(16)25-21)24-13-19(23)22-9-6-15(7-10-22)17-8-11-26-14-17/h3-5,8,11,14-15H,6-7,9-10,12-13H2,1-2H3. The van der Waals surface area contributed by atoms with Crippen molar-refractivity contribution in [3.05, 3.63) is 46.2 Å². The number of piperidine rings is 1. The van der Waals surface area contributed by atoms with Crippen molar-refractivity contribution < 1.29 is 14.3 Å². The number of amides is 1. The van der Waals surface area contributed by atoms with E-state index in [-0.39, 0.29) is 18.1 Å². The molecular weight excluding hydrogens is 346 g/mol. The average molecular weight is 372 g/mol. The molecule has 1 amide bonds. The average Bonchev–Trinajstić information content (AvgIpc) is 3.26. The van der Waals surface area contributed by atoms with Gasteiger partial charge < -0.3 is 14.4 Å². The van der Waals surface area contributed by atoms with Crippen molar-refractivity contribution >= 4 is 17.2 Å². The van der Waals surface area contributed by atoms with Crippen LogP contribution >= 0.6 is 11.3 Å². The first kappa shape index (κ1) is 17.4. The Bertz CT molecular complexity index is 777. The molecule has 1 aromatic carbocycles. The van der Waals surface area contributed by atoms with Gasteiger partial charge >= 0.3 is 0 Å². The number of ether oxygens (including phenoxy) is 2. The highest BCUT2D eigenvalue weighted by molar-refractivity contribution is 7.07.